The molecule has 6 nitrogen and oxygen atoms in total. The molecule has 2 N–H and O–H groups in total. The topological polar surface area (TPSA) is 105 Å². The van der Waals surface area contributed by atoms with Crippen LogP contribution in [0.15, 0.2) is 4.99 Å². The number of hydrogen-bond acceptors (Lipinski definition) is 4. The van der Waals surface area contributed by atoms with Gasteiger partial charge in [0.1, 0.15) is 0 Å². The average Bonchev–Trinajstić information content (AvgIpc) is 1.67. The summed E-state index contributed by atoms with van der Waals surface area (Å²) in [5.41, 5.74) is 4.56. The van der Waals surface area contributed by atoms with E-state index in [0.717, 1.165) is 0 Å². The molecule has 0 bridgehead atoms. The third-order valence-corrected chi connectivity index (χ3v) is 0.352. The second-order valence-corrected chi connectivity index (χ2v) is 0.827. The van der Waals surface area contributed by atoms with Crippen molar-refractivity contribution in [1.82, 2.24) is 0 Å². The van der Waals surface area contributed by atoms with Gasteiger partial charge in [-0.05, 0) is 4.92 Å². The highest BCUT2D eigenvalue weighted by atomic mass is 16.6. The normalized spacial score (nSPS) is 10.1. The molecular formula is C2H2N4O2. The molecule has 0 saturated carbocycles. The van der Waals surface area contributed by atoms with Gasteiger partial charge >= 0.3 is 5.96 Å². The van der Waals surface area contributed by atoms with Crippen molar-refractivity contribution in [1.29, 1.82) is 5.26 Å². The summed E-state index contributed by atoms with van der Waals surface area (Å²) in [6.45, 7) is 0. The summed E-state index contributed by atoms with van der Waals surface area (Å²) in [6, 6.07) is 0. The van der Waals surface area contributed by atoms with Crippen LogP contribution in [-0.2, 0) is 0 Å². The lowest BCUT2D eigenvalue weighted by Crippen LogP contribution is -2.21. The fourth-order valence-corrected chi connectivity index (χ4v) is 0.0921. The van der Waals surface area contributed by atoms with Gasteiger partial charge in [-0.15, -0.1) is 0 Å². The molecule has 0 fully saturated rings. The Morgan fingerprint density at radius 3 is 2.62 bits per heavy atom. The van der Waals surface area contributed by atoms with E-state index in [-0.39, 0.29) is 0 Å². The molecule has 8 heavy (non-hydrogen) atoms. The monoisotopic (exact) mass is 114 g/mol. The number of nitro groups is 1. The Balaban J connectivity index is 4.06. The minimum absolute atomic E-state index is 0.882. The van der Waals surface area contributed by atoms with E-state index in [1.165, 1.54) is 6.19 Å². The smallest absolute Gasteiger partial charge is 0.390 e. The molecule has 42 valence electrons. The van der Waals surface area contributed by atoms with Crippen molar-refractivity contribution in [3.8, 4) is 6.19 Å². The molecule has 0 aromatic carbocycles. The third-order valence-electron chi connectivity index (χ3n) is 0.352. The fraction of sp³-hybridized carbons (Fsp3) is 0. The minimum atomic E-state index is -0.941. The van der Waals surface area contributed by atoms with Crippen LogP contribution in [0.4, 0.5) is 0 Å². The average molecular weight is 114 g/mol. The van der Waals surface area contributed by atoms with Gasteiger partial charge in [0.2, 0.25) is 0 Å². The van der Waals surface area contributed by atoms with Crippen LogP contribution in [0.1, 0.15) is 0 Å². The summed E-state index contributed by atoms with van der Waals surface area (Å²) in [7, 11) is 0. The van der Waals surface area contributed by atoms with E-state index in [9.17, 15) is 10.1 Å². The summed E-state index contributed by atoms with van der Waals surface area (Å²) < 4.78 is 0. The van der Waals surface area contributed by atoms with Gasteiger partial charge in [-0.3, -0.25) is 5.73 Å². The number of nitriles is 1. The van der Waals surface area contributed by atoms with Crippen molar-refractivity contribution in [2.45, 2.75) is 0 Å². The standard InChI is InChI=1S/C2H2N4O2/c3-1-5-2(4)6(7)8/h(H2,4,5). The maximum Gasteiger partial charge on any atom is 0.436 e. The number of nitrogens with two attached hydrogens (primary N) is 1. The minimum Gasteiger partial charge on any atom is -0.390 e. The highest BCUT2D eigenvalue weighted by Gasteiger charge is 1.98. The molecule has 0 saturated heterocycles. The summed E-state index contributed by atoms with van der Waals surface area (Å²) in [5, 5.41) is 17.2. The molecule has 0 spiro atoms. The van der Waals surface area contributed by atoms with Crippen LogP contribution in [0.25, 0.3) is 0 Å². The van der Waals surface area contributed by atoms with Crippen molar-refractivity contribution in [2.24, 2.45) is 10.7 Å². The zero-order chi connectivity index (χ0) is 6.57. The Labute approximate surface area is 44.4 Å². The van der Waals surface area contributed by atoms with Crippen LogP contribution in [-0.4, -0.2) is 10.9 Å². The highest BCUT2D eigenvalue weighted by molar-refractivity contribution is 5.69. The molecule has 0 heterocycles. The van der Waals surface area contributed by atoms with Crippen LogP contribution in [0, 0.1) is 21.6 Å². The van der Waals surface area contributed by atoms with Crippen LogP contribution < -0.4 is 5.73 Å². The van der Waals surface area contributed by atoms with E-state index < -0.39 is 10.9 Å². The summed E-state index contributed by atoms with van der Waals surface area (Å²) in [4.78, 5) is 11.2. The van der Waals surface area contributed by atoms with Crippen molar-refractivity contribution in [3.05, 3.63) is 10.1 Å². The lowest BCUT2D eigenvalue weighted by molar-refractivity contribution is -0.352. The highest BCUT2D eigenvalue weighted by Crippen LogP contribution is 1.66. The SMILES string of the molecule is N#CN=C(N)[N+](=O)[O-]. The molecule has 0 unspecified atom stereocenters. The van der Waals surface area contributed by atoms with Gasteiger partial charge in [0.15, 0.2) is 0 Å². The number of hydrogen-bond donors (Lipinski definition) is 1. The first-order valence-electron chi connectivity index (χ1n) is 1.55. The second kappa shape index (κ2) is 2.52. The predicted octanol–water partition coefficient (Wildman–Crippen LogP) is -0.941. The van der Waals surface area contributed by atoms with Crippen molar-refractivity contribution in [2.75, 3.05) is 0 Å². The number of aliphatic imine (C=N–C) groups is 1. The number of guanidine groups is 1. The zero-order valence-electron chi connectivity index (χ0n) is 3.74. The van der Waals surface area contributed by atoms with Gasteiger partial charge < -0.3 is 10.1 Å². The van der Waals surface area contributed by atoms with E-state index in [0.29, 0.717) is 0 Å². The molecule has 6 heteroatoms. The van der Waals surface area contributed by atoms with Gasteiger partial charge in [0.05, 0.1) is 0 Å². The van der Waals surface area contributed by atoms with Gasteiger partial charge in [0.25, 0.3) is 6.19 Å². The van der Waals surface area contributed by atoms with Crippen LogP contribution in [0.5, 0.6) is 0 Å². The first kappa shape index (κ1) is 6.36. The van der Waals surface area contributed by atoms with E-state index in [1.807, 2.05) is 0 Å². The fourth-order valence-electron chi connectivity index (χ4n) is 0.0921. The molecule has 0 aromatic rings. The van der Waals surface area contributed by atoms with Crippen molar-refractivity contribution >= 4 is 5.96 Å². The molecule has 0 radical (unpaired) electrons. The first-order chi connectivity index (χ1) is 3.68. The van der Waals surface area contributed by atoms with E-state index in [2.05, 4.69) is 10.7 Å². The van der Waals surface area contributed by atoms with Gasteiger partial charge in [-0.1, -0.05) is 0 Å². The van der Waals surface area contributed by atoms with Gasteiger partial charge in [0, 0.05) is 4.99 Å². The van der Waals surface area contributed by atoms with E-state index in [1.54, 1.807) is 0 Å². The Kier molecular flexibility index (Phi) is 2.00. The quantitative estimate of drug-likeness (QED) is 0.144. The number of nitrogens with zero attached hydrogens (tertiary/aromatic N) is 3. The molecule has 0 rings (SSSR count). The first-order valence-corrected chi connectivity index (χ1v) is 1.55. The Morgan fingerprint density at radius 1 is 2.00 bits per heavy atom. The number of rotatable bonds is 0. The Morgan fingerprint density at radius 2 is 2.50 bits per heavy atom. The lowest BCUT2D eigenvalue weighted by atomic mass is 11.0. The molecule has 0 amide bonds. The van der Waals surface area contributed by atoms with Gasteiger partial charge in [-0.25, -0.2) is 0 Å². The predicted molar refractivity (Wildman–Crippen MR) is 24.2 cm³/mol. The largest absolute Gasteiger partial charge is 0.436 e. The second-order valence-electron chi connectivity index (χ2n) is 0.827. The molecule has 0 aliphatic carbocycles. The molecule has 0 aliphatic heterocycles. The maximum absolute atomic E-state index is 9.49. The summed E-state index contributed by atoms with van der Waals surface area (Å²) in [5.74, 6) is -0.882. The summed E-state index contributed by atoms with van der Waals surface area (Å²) >= 11 is 0. The van der Waals surface area contributed by atoms with E-state index in [4.69, 9.17) is 5.26 Å². The maximum atomic E-state index is 9.49. The lowest BCUT2D eigenvalue weighted by Gasteiger charge is -1.85. The molecule has 0 aliphatic rings. The van der Waals surface area contributed by atoms with Gasteiger partial charge in [-0.2, -0.15) is 5.26 Å². The van der Waals surface area contributed by atoms with Crippen LogP contribution in [0.3, 0.4) is 0 Å². The Bertz CT molecular complexity index is 165. The molecule has 0 aromatic heterocycles. The van der Waals surface area contributed by atoms with Crippen molar-refractivity contribution in [3.63, 3.8) is 0 Å². The Hall–Kier alpha value is -1.64. The van der Waals surface area contributed by atoms with Crippen molar-refractivity contribution < 1.29 is 4.92 Å². The third kappa shape index (κ3) is 1.71. The van der Waals surface area contributed by atoms with Crippen LogP contribution in [0.2, 0.25) is 0 Å². The zero-order valence-corrected chi connectivity index (χ0v) is 3.74. The molecule has 0 atom stereocenters. The van der Waals surface area contributed by atoms with E-state index >= 15 is 0 Å². The van der Waals surface area contributed by atoms with Crippen LogP contribution >= 0.6 is 0 Å². The summed E-state index contributed by atoms with van der Waals surface area (Å²) in [6.07, 6.45) is 1.17. The molecular weight excluding hydrogens is 112 g/mol.